The Morgan fingerprint density at radius 3 is 2.49 bits per heavy atom. The Balaban J connectivity index is 1.28. The SMILES string of the molecule is C=N/C(OC)=C(Cl)\C=C(/C)C1CCC(CN(C(=O)C2CCC(OC(=O)NCCO)CC2)c2cccc(-c3cnn(C4CC4)c3)c2)CC1. The first-order valence-corrected chi connectivity index (χ1v) is 17.3. The van der Waals surface area contributed by atoms with Crippen molar-refractivity contribution in [3.63, 3.8) is 0 Å². The van der Waals surface area contributed by atoms with E-state index in [0.717, 1.165) is 42.5 Å². The number of ether oxygens (including phenoxy) is 2. The fourth-order valence-electron chi connectivity index (χ4n) is 6.88. The molecule has 2 amide bonds. The van der Waals surface area contributed by atoms with Gasteiger partial charge in [-0.05, 0) is 113 Å². The summed E-state index contributed by atoms with van der Waals surface area (Å²) < 4.78 is 12.8. The third-order valence-corrected chi connectivity index (χ3v) is 10.1. The third kappa shape index (κ3) is 9.26. The summed E-state index contributed by atoms with van der Waals surface area (Å²) in [6.07, 6.45) is 14.2. The highest BCUT2D eigenvalue weighted by Crippen LogP contribution is 2.38. The highest BCUT2D eigenvalue weighted by molar-refractivity contribution is 6.31. The number of hydrogen-bond donors (Lipinski definition) is 2. The number of carbonyl (C=O) groups is 2. The van der Waals surface area contributed by atoms with Crippen molar-refractivity contribution in [2.75, 3.05) is 31.7 Å². The molecule has 254 valence electrons. The van der Waals surface area contributed by atoms with Crippen molar-refractivity contribution < 1.29 is 24.2 Å². The number of alkyl carbamates (subject to hydrolysis) is 1. The molecule has 0 bridgehead atoms. The minimum Gasteiger partial charge on any atom is -0.480 e. The van der Waals surface area contributed by atoms with Crippen LogP contribution in [0.4, 0.5) is 10.5 Å². The average Bonchev–Trinajstić information content (AvgIpc) is 3.82. The van der Waals surface area contributed by atoms with E-state index < -0.39 is 6.09 Å². The first-order chi connectivity index (χ1) is 22.8. The molecule has 5 rings (SSSR count). The lowest BCUT2D eigenvalue weighted by Crippen LogP contribution is -2.42. The van der Waals surface area contributed by atoms with E-state index in [4.69, 9.17) is 26.2 Å². The lowest BCUT2D eigenvalue weighted by molar-refractivity contribution is -0.124. The van der Waals surface area contributed by atoms with Gasteiger partial charge >= 0.3 is 6.09 Å². The van der Waals surface area contributed by atoms with Gasteiger partial charge in [0.1, 0.15) is 11.1 Å². The number of amides is 2. The summed E-state index contributed by atoms with van der Waals surface area (Å²) in [5, 5.41) is 16.5. The molecule has 11 heteroatoms. The fourth-order valence-corrected chi connectivity index (χ4v) is 7.19. The van der Waals surface area contributed by atoms with Crippen molar-refractivity contribution >= 4 is 36.0 Å². The van der Waals surface area contributed by atoms with Crippen LogP contribution in [0.15, 0.2) is 64.2 Å². The maximum absolute atomic E-state index is 14.3. The van der Waals surface area contributed by atoms with Gasteiger partial charge in [0.2, 0.25) is 11.8 Å². The topological polar surface area (TPSA) is 118 Å². The van der Waals surface area contributed by atoms with Gasteiger partial charge in [-0.3, -0.25) is 9.48 Å². The van der Waals surface area contributed by atoms with Gasteiger partial charge in [0.25, 0.3) is 0 Å². The summed E-state index contributed by atoms with van der Waals surface area (Å²) in [5.41, 5.74) is 4.22. The number of hydrogen-bond acceptors (Lipinski definition) is 7. The number of aliphatic hydroxyl groups is 1. The van der Waals surface area contributed by atoms with Crippen LogP contribution < -0.4 is 10.2 Å². The van der Waals surface area contributed by atoms with Crippen molar-refractivity contribution in [3.8, 4) is 11.1 Å². The molecule has 2 aromatic rings. The molecule has 47 heavy (non-hydrogen) atoms. The monoisotopic (exact) mass is 665 g/mol. The van der Waals surface area contributed by atoms with Gasteiger partial charge in [-0.1, -0.05) is 29.3 Å². The number of allylic oxidation sites excluding steroid dienone is 3. The minimum atomic E-state index is -0.521. The Bertz CT molecular complexity index is 1450. The van der Waals surface area contributed by atoms with Crippen LogP contribution in [0, 0.1) is 17.8 Å². The van der Waals surface area contributed by atoms with Crippen molar-refractivity contribution in [3.05, 3.63) is 59.2 Å². The van der Waals surface area contributed by atoms with E-state index in [1.54, 1.807) is 0 Å². The fraction of sp³-hybridized carbons (Fsp3) is 0.556. The maximum Gasteiger partial charge on any atom is 0.407 e. The summed E-state index contributed by atoms with van der Waals surface area (Å²) in [5.74, 6) is 1.10. The molecule has 2 N–H and O–H groups in total. The number of nitrogens with one attached hydrogen (secondary N) is 1. The third-order valence-electron chi connectivity index (χ3n) is 9.79. The number of rotatable bonds is 13. The molecule has 1 aromatic carbocycles. The smallest absolute Gasteiger partial charge is 0.407 e. The summed E-state index contributed by atoms with van der Waals surface area (Å²) in [7, 11) is 1.53. The number of carbonyl (C=O) groups excluding carboxylic acids is 2. The van der Waals surface area contributed by atoms with Gasteiger partial charge in [-0.15, -0.1) is 0 Å². The summed E-state index contributed by atoms with van der Waals surface area (Å²) in [6.45, 7) is 6.32. The lowest BCUT2D eigenvalue weighted by atomic mass is 9.78. The van der Waals surface area contributed by atoms with Crippen LogP contribution in [0.5, 0.6) is 0 Å². The molecule has 3 fully saturated rings. The van der Waals surface area contributed by atoms with E-state index in [2.05, 4.69) is 52.1 Å². The van der Waals surface area contributed by atoms with Crippen molar-refractivity contribution in [2.45, 2.75) is 83.3 Å². The van der Waals surface area contributed by atoms with Gasteiger partial charge in [0.15, 0.2) is 0 Å². The number of aliphatic hydroxyl groups excluding tert-OH is 1. The van der Waals surface area contributed by atoms with Crippen LogP contribution in [0.25, 0.3) is 11.1 Å². The summed E-state index contributed by atoms with van der Waals surface area (Å²) in [6, 6.07) is 8.79. The van der Waals surface area contributed by atoms with Gasteiger partial charge < -0.3 is 24.8 Å². The van der Waals surface area contributed by atoms with E-state index in [0.29, 0.717) is 61.0 Å². The minimum absolute atomic E-state index is 0.136. The molecule has 0 spiro atoms. The first kappa shape index (κ1) is 34.7. The average molecular weight is 666 g/mol. The Kier molecular flexibility index (Phi) is 12.2. The van der Waals surface area contributed by atoms with Crippen molar-refractivity contribution in [2.24, 2.45) is 22.7 Å². The number of benzene rings is 1. The second kappa shape index (κ2) is 16.5. The van der Waals surface area contributed by atoms with E-state index in [1.165, 1.54) is 25.5 Å². The normalized spacial score (nSPS) is 23.8. The standard InChI is InChI=1S/C36H48ClN5O5/c1-24(19-33(37)34(38-2)46-3)26-9-7-25(8-10-26)22-41(35(44)27-11-15-32(16-12-27)47-36(45)39-17-18-43)31-6-4-5-28(20-31)29-21-40-42(23-29)30-13-14-30/h4-6,19-21,23,25-27,30,32,43H,2,7-18,22H2,1,3H3,(H,39,45)/b24-19+,34-33-. The van der Waals surface area contributed by atoms with Crippen molar-refractivity contribution in [1.29, 1.82) is 0 Å². The molecule has 0 radical (unpaired) electrons. The number of aromatic nitrogens is 2. The molecule has 3 saturated carbocycles. The molecular formula is C36H48ClN5O5. The molecule has 0 atom stereocenters. The van der Waals surface area contributed by atoms with Crippen LogP contribution in [0.2, 0.25) is 0 Å². The summed E-state index contributed by atoms with van der Waals surface area (Å²) >= 11 is 6.42. The van der Waals surface area contributed by atoms with Gasteiger partial charge in [-0.2, -0.15) is 5.10 Å². The number of aliphatic imine (C=N–C) groups is 1. The van der Waals surface area contributed by atoms with E-state index >= 15 is 0 Å². The van der Waals surface area contributed by atoms with E-state index in [9.17, 15) is 9.59 Å². The van der Waals surface area contributed by atoms with Crippen molar-refractivity contribution in [1.82, 2.24) is 15.1 Å². The Morgan fingerprint density at radius 2 is 1.83 bits per heavy atom. The Labute approximate surface area is 282 Å². The maximum atomic E-state index is 14.3. The lowest BCUT2D eigenvalue weighted by Gasteiger charge is -2.36. The highest BCUT2D eigenvalue weighted by atomic mass is 35.5. The predicted molar refractivity (Wildman–Crippen MR) is 184 cm³/mol. The first-order valence-electron chi connectivity index (χ1n) is 16.9. The molecule has 1 heterocycles. The molecule has 3 aliphatic carbocycles. The molecule has 10 nitrogen and oxygen atoms in total. The van der Waals surface area contributed by atoms with E-state index in [-0.39, 0.29) is 31.1 Å². The van der Waals surface area contributed by atoms with Crippen LogP contribution in [0.3, 0.4) is 0 Å². The second-order valence-electron chi connectivity index (χ2n) is 13.1. The van der Waals surface area contributed by atoms with Crippen LogP contribution in [-0.4, -0.2) is 66.5 Å². The highest BCUT2D eigenvalue weighted by Gasteiger charge is 2.34. The predicted octanol–water partition coefficient (Wildman–Crippen LogP) is 7.00. The zero-order chi connectivity index (χ0) is 33.3. The Hall–Kier alpha value is -3.63. The molecule has 0 unspecified atom stereocenters. The molecule has 1 aromatic heterocycles. The van der Waals surface area contributed by atoms with Gasteiger partial charge in [0, 0.05) is 36.5 Å². The number of methoxy groups -OCH3 is 1. The van der Waals surface area contributed by atoms with E-state index in [1.807, 2.05) is 29.3 Å². The second-order valence-corrected chi connectivity index (χ2v) is 13.5. The molecule has 0 saturated heterocycles. The van der Waals surface area contributed by atoms with Crippen LogP contribution >= 0.6 is 11.6 Å². The largest absolute Gasteiger partial charge is 0.480 e. The Morgan fingerprint density at radius 1 is 1.11 bits per heavy atom. The summed E-state index contributed by atoms with van der Waals surface area (Å²) in [4.78, 5) is 32.2. The zero-order valence-corrected chi connectivity index (χ0v) is 28.3. The molecular weight excluding hydrogens is 618 g/mol. The quantitative estimate of drug-likeness (QED) is 0.135. The molecule has 3 aliphatic rings. The van der Waals surface area contributed by atoms with Gasteiger partial charge in [-0.25, -0.2) is 9.79 Å². The van der Waals surface area contributed by atoms with Crippen LogP contribution in [-0.2, 0) is 14.3 Å². The zero-order valence-electron chi connectivity index (χ0n) is 27.6. The number of nitrogens with zero attached hydrogens (tertiary/aromatic N) is 4. The number of anilines is 1. The van der Waals surface area contributed by atoms with Crippen LogP contribution in [0.1, 0.15) is 77.2 Å². The van der Waals surface area contributed by atoms with Gasteiger partial charge in [0.05, 0.1) is 26.0 Å². The molecule has 0 aliphatic heterocycles. The number of halogens is 1.